The summed E-state index contributed by atoms with van der Waals surface area (Å²) in [7, 11) is 4.51. The van der Waals surface area contributed by atoms with Crippen molar-refractivity contribution in [3.8, 4) is 0 Å². The van der Waals surface area contributed by atoms with Gasteiger partial charge in [0.05, 0.1) is 12.2 Å². The monoisotopic (exact) mass is 680 g/mol. The fourth-order valence-electron chi connectivity index (χ4n) is 8.26. The third kappa shape index (κ3) is 13.0. The van der Waals surface area contributed by atoms with Gasteiger partial charge in [-0.3, -0.25) is 18.2 Å². The van der Waals surface area contributed by atoms with Gasteiger partial charge in [-0.25, -0.2) is 0 Å². The lowest BCUT2D eigenvalue weighted by Gasteiger charge is -2.28. The average molecular weight is 681 g/mol. The van der Waals surface area contributed by atoms with Crippen molar-refractivity contribution in [2.75, 3.05) is 14.1 Å². The molecule has 4 rings (SSSR count). The first-order valence-electron chi connectivity index (χ1n) is 19.8. The van der Waals surface area contributed by atoms with Crippen LogP contribution < -0.4 is 0 Å². The number of likely N-dealkylation sites (N-methyl/N-ethyl adjacent to an activating group) is 2. The van der Waals surface area contributed by atoms with Crippen LogP contribution in [0.5, 0.6) is 0 Å². The minimum Gasteiger partial charge on any atom is -0.297 e. The van der Waals surface area contributed by atoms with Gasteiger partial charge in [0.1, 0.15) is 0 Å². The number of likely N-dealkylation sites (tertiary alicyclic amines) is 2. The zero-order chi connectivity index (χ0) is 34.0. The van der Waals surface area contributed by atoms with Crippen LogP contribution >= 0.6 is 0 Å². The highest BCUT2D eigenvalue weighted by Crippen LogP contribution is 2.35. The van der Waals surface area contributed by atoms with Crippen LogP contribution in [0.15, 0.2) is 60.7 Å². The Labute approximate surface area is 297 Å². The van der Waals surface area contributed by atoms with E-state index in [1.165, 1.54) is 114 Å². The summed E-state index contributed by atoms with van der Waals surface area (Å²) in [5, 5.41) is 0. The Morgan fingerprint density at radius 2 is 0.917 bits per heavy atom. The summed E-state index contributed by atoms with van der Waals surface area (Å²) in [6.07, 6.45) is 24.3. The molecule has 0 aliphatic carbocycles. The van der Waals surface area contributed by atoms with Crippen LogP contribution in [-0.4, -0.2) is 64.5 Å². The molecule has 2 heterocycles. The number of hydrogen-bond donors (Lipinski definition) is 0. The summed E-state index contributed by atoms with van der Waals surface area (Å²) in [5.74, 6) is 0. The van der Waals surface area contributed by atoms with E-state index >= 15 is 0 Å². The number of rotatable bonds is 24. The molecule has 5 nitrogen and oxygen atoms in total. The van der Waals surface area contributed by atoms with E-state index in [0.717, 1.165) is 25.7 Å². The van der Waals surface area contributed by atoms with E-state index in [0.29, 0.717) is 12.1 Å². The lowest BCUT2D eigenvalue weighted by molar-refractivity contribution is 0.104. The van der Waals surface area contributed by atoms with Gasteiger partial charge < -0.3 is 0 Å². The van der Waals surface area contributed by atoms with E-state index < -0.39 is 11.4 Å². The van der Waals surface area contributed by atoms with Gasteiger partial charge in [0, 0.05) is 24.2 Å². The minimum atomic E-state index is -1.79. The summed E-state index contributed by atoms with van der Waals surface area (Å²) in [6.45, 7) is 4.56. The maximum atomic E-state index is 13.8. The standard InChI is InChI=1S/C42H68N2O3S/c1-5-7-9-11-13-15-23-29-37-33-41(39(43(37)3)31-35-25-19-17-20-26-35)46-48(45)47-42-34-38(30-24-16-14-12-10-8-6-2)44(4)40(42)32-36-27-21-18-22-28-36/h17-22,25-28,37-42H,5-16,23-24,29-34H2,1-4H3. The predicted molar refractivity (Wildman–Crippen MR) is 203 cm³/mol. The first-order valence-corrected chi connectivity index (χ1v) is 20.8. The second-order valence-corrected chi connectivity index (χ2v) is 15.7. The first-order chi connectivity index (χ1) is 23.5. The molecule has 0 amide bonds. The van der Waals surface area contributed by atoms with E-state index in [1.54, 1.807) is 0 Å². The second-order valence-electron chi connectivity index (χ2n) is 14.9. The highest BCUT2D eigenvalue weighted by molar-refractivity contribution is 7.75. The number of unbranched alkanes of at least 4 members (excludes halogenated alkanes) is 12. The van der Waals surface area contributed by atoms with Gasteiger partial charge in [-0.1, -0.05) is 164 Å². The van der Waals surface area contributed by atoms with Crippen molar-refractivity contribution in [2.45, 2.75) is 179 Å². The summed E-state index contributed by atoms with van der Waals surface area (Å²) in [6, 6.07) is 22.7. The van der Waals surface area contributed by atoms with E-state index in [2.05, 4.69) is 98.4 Å². The maximum absolute atomic E-state index is 13.8. The van der Waals surface area contributed by atoms with Crippen molar-refractivity contribution in [2.24, 2.45) is 0 Å². The van der Waals surface area contributed by atoms with E-state index in [9.17, 15) is 4.21 Å². The van der Waals surface area contributed by atoms with Gasteiger partial charge in [0.15, 0.2) is 0 Å². The Bertz CT molecular complexity index is 1050. The lowest BCUT2D eigenvalue weighted by atomic mass is 10.0. The zero-order valence-electron chi connectivity index (χ0n) is 30.9. The van der Waals surface area contributed by atoms with Gasteiger partial charge in [-0.15, -0.1) is 0 Å². The third-order valence-electron chi connectivity index (χ3n) is 11.3. The van der Waals surface area contributed by atoms with Gasteiger partial charge >= 0.3 is 11.4 Å². The maximum Gasteiger partial charge on any atom is 0.305 e. The topological polar surface area (TPSA) is 42.0 Å². The fourth-order valence-corrected chi connectivity index (χ4v) is 9.12. The molecule has 6 unspecified atom stereocenters. The molecular formula is C42H68N2O3S. The molecule has 0 aromatic heterocycles. The highest BCUT2D eigenvalue weighted by atomic mass is 32.2. The summed E-state index contributed by atoms with van der Waals surface area (Å²) >= 11 is -1.79. The molecule has 2 aliphatic heterocycles. The molecule has 0 radical (unpaired) electrons. The van der Waals surface area contributed by atoms with Crippen molar-refractivity contribution >= 4 is 11.4 Å². The van der Waals surface area contributed by atoms with Crippen LogP contribution in [0.4, 0.5) is 0 Å². The molecule has 2 fully saturated rings. The van der Waals surface area contributed by atoms with Crippen LogP contribution in [-0.2, 0) is 32.6 Å². The van der Waals surface area contributed by atoms with Crippen LogP contribution in [0.25, 0.3) is 0 Å². The molecule has 270 valence electrons. The van der Waals surface area contributed by atoms with Crippen LogP contribution in [0, 0.1) is 0 Å². The quantitative estimate of drug-likeness (QED) is 0.103. The Morgan fingerprint density at radius 3 is 1.29 bits per heavy atom. The highest BCUT2D eigenvalue weighted by Gasteiger charge is 2.43. The first kappa shape index (κ1) is 39.2. The van der Waals surface area contributed by atoms with Crippen molar-refractivity contribution in [3.05, 3.63) is 71.8 Å². The third-order valence-corrected chi connectivity index (χ3v) is 12.1. The number of hydrogen-bond acceptors (Lipinski definition) is 5. The van der Waals surface area contributed by atoms with Crippen molar-refractivity contribution in [1.29, 1.82) is 0 Å². The van der Waals surface area contributed by atoms with Gasteiger partial charge in [-0.2, -0.15) is 4.21 Å². The SMILES string of the molecule is CCCCCCCCCC1CC(OS(=O)OC2CC(CCCCCCCCC)N(C)C2Cc2ccccc2)C(Cc2ccccc2)N1C. The minimum absolute atomic E-state index is 0.110. The Kier molecular flexibility index (Phi) is 18.2. The Hall–Kier alpha value is -1.57. The van der Waals surface area contributed by atoms with E-state index in [-0.39, 0.29) is 24.3 Å². The summed E-state index contributed by atoms with van der Waals surface area (Å²) in [5.41, 5.74) is 2.61. The smallest absolute Gasteiger partial charge is 0.297 e. The average Bonchev–Trinajstić information content (AvgIpc) is 3.54. The van der Waals surface area contributed by atoms with Gasteiger partial charge in [-0.05, 0) is 63.7 Å². The number of benzene rings is 2. The fraction of sp³-hybridized carbons (Fsp3) is 0.714. The van der Waals surface area contributed by atoms with Crippen molar-refractivity contribution in [3.63, 3.8) is 0 Å². The normalized spacial score (nSPS) is 25.6. The van der Waals surface area contributed by atoms with Crippen LogP contribution in [0.3, 0.4) is 0 Å². The molecule has 2 saturated heterocycles. The molecule has 48 heavy (non-hydrogen) atoms. The Balaban J connectivity index is 1.36. The summed E-state index contributed by atoms with van der Waals surface area (Å²) in [4.78, 5) is 5.04. The molecule has 6 atom stereocenters. The molecule has 2 aromatic carbocycles. The molecule has 0 bridgehead atoms. The van der Waals surface area contributed by atoms with Crippen molar-refractivity contribution < 1.29 is 12.6 Å². The molecule has 0 N–H and O–H groups in total. The molecule has 0 spiro atoms. The van der Waals surface area contributed by atoms with E-state index in [4.69, 9.17) is 8.37 Å². The zero-order valence-corrected chi connectivity index (χ0v) is 31.7. The van der Waals surface area contributed by atoms with Crippen molar-refractivity contribution in [1.82, 2.24) is 9.80 Å². The number of nitrogens with zero attached hydrogens (tertiary/aromatic N) is 2. The molecule has 6 heteroatoms. The molecule has 2 aliphatic rings. The lowest BCUT2D eigenvalue weighted by Crippen LogP contribution is -2.40. The Morgan fingerprint density at radius 1 is 0.562 bits per heavy atom. The van der Waals surface area contributed by atoms with Crippen LogP contribution in [0.2, 0.25) is 0 Å². The second kappa shape index (κ2) is 22.3. The van der Waals surface area contributed by atoms with Crippen LogP contribution in [0.1, 0.15) is 141 Å². The molecule has 2 aromatic rings. The van der Waals surface area contributed by atoms with Gasteiger partial charge in [0.2, 0.25) is 0 Å². The van der Waals surface area contributed by atoms with Gasteiger partial charge in [0.25, 0.3) is 0 Å². The predicted octanol–water partition coefficient (Wildman–Crippen LogP) is 10.2. The summed E-state index contributed by atoms with van der Waals surface area (Å²) < 4.78 is 26.6. The molecular weight excluding hydrogens is 613 g/mol. The molecule has 0 saturated carbocycles. The largest absolute Gasteiger partial charge is 0.305 e. The van der Waals surface area contributed by atoms with E-state index in [1.807, 2.05) is 0 Å².